The Balaban J connectivity index is 0.00000170. The van der Waals surface area contributed by atoms with Gasteiger partial charge in [-0.15, -0.1) is 0 Å². The van der Waals surface area contributed by atoms with E-state index in [0.717, 1.165) is 59.0 Å². The van der Waals surface area contributed by atoms with E-state index in [4.69, 9.17) is 0 Å². The van der Waals surface area contributed by atoms with Gasteiger partial charge in [0.1, 0.15) is 0 Å². The van der Waals surface area contributed by atoms with E-state index in [2.05, 4.69) is 115 Å². The standard InChI is InChI=1S/C34H48N2.2HI.Pd/c1-5-7-9-10-11-12-13-14-15-16-24-32-31(23-8-6-2)33(29-21-17-19-27(3)25-29)36(35)34(32)30-22-18-20-28(4)26-30;;;/h17-22,25-26H,5-16,23-24H2,1-4H3;2*1H;/q;;;+2/p-2. The summed E-state index contributed by atoms with van der Waals surface area (Å²) < 4.78 is 1.51. The van der Waals surface area contributed by atoms with Crippen LogP contribution in [0.25, 0.3) is 16.9 Å². The van der Waals surface area contributed by atoms with Crippen molar-refractivity contribution >= 4 is 50.4 Å². The van der Waals surface area contributed by atoms with Crippen molar-refractivity contribution < 1.29 is 15.4 Å². The zero-order valence-electron chi connectivity index (χ0n) is 24.5. The fourth-order valence-corrected chi connectivity index (χ4v) is 5.51. The molecular weight excluding hydrogens is 797 g/mol. The molecule has 2 aromatic carbocycles. The molecule has 218 valence electrons. The summed E-state index contributed by atoms with van der Waals surface area (Å²) in [5.74, 6) is 0. The number of hydrogen-bond donors (Lipinski definition) is 0. The first-order valence-electron chi connectivity index (χ1n) is 14.9. The molecule has 0 bridgehead atoms. The third-order valence-electron chi connectivity index (χ3n) is 7.50. The Morgan fingerprint density at radius 2 is 1.00 bits per heavy atom. The molecule has 2 aromatic rings. The minimum absolute atomic E-state index is 0.890. The summed E-state index contributed by atoms with van der Waals surface area (Å²) in [6.07, 6.45) is 17.8. The summed E-state index contributed by atoms with van der Waals surface area (Å²) >= 11 is 4.65. The molecule has 0 atom stereocenters. The van der Waals surface area contributed by atoms with Crippen molar-refractivity contribution in [1.29, 1.82) is 0 Å². The molecule has 0 radical (unpaired) electrons. The second-order valence-corrected chi connectivity index (χ2v) is 22.8. The Kier molecular flexibility index (Phi) is 18.3. The molecule has 0 unspecified atom stereocenters. The van der Waals surface area contributed by atoms with Crippen LogP contribution in [0.2, 0.25) is 0 Å². The van der Waals surface area contributed by atoms with Gasteiger partial charge in [-0.2, -0.15) is 0 Å². The van der Waals surface area contributed by atoms with Gasteiger partial charge >= 0.3 is 49.8 Å². The number of allylic oxidation sites excluding steroid dienone is 2. The van der Waals surface area contributed by atoms with Gasteiger partial charge in [0.25, 0.3) is 0 Å². The number of nitrogens with zero attached hydrogens (tertiary/aromatic N) is 2. The van der Waals surface area contributed by atoms with Gasteiger partial charge < -0.3 is 5.53 Å². The molecule has 0 amide bonds. The Bertz CT molecular complexity index is 1090. The molecule has 0 spiro atoms. The molecule has 2 nitrogen and oxygen atoms in total. The predicted molar refractivity (Wildman–Crippen MR) is 184 cm³/mol. The first kappa shape index (κ1) is 34.8. The van der Waals surface area contributed by atoms with Crippen LogP contribution in [-0.4, -0.2) is 4.70 Å². The second kappa shape index (κ2) is 20.5. The molecule has 0 fully saturated rings. The van der Waals surface area contributed by atoms with Crippen LogP contribution in [0.4, 0.5) is 0 Å². The molecule has 0 N–H and O–H groups in total. The summed E-state index contributed by atoms with van der Waals surface area (Å²) in [5.41, 5.74) is 21.0. The average molecular weight is 845 g/mol. The van der Waals surface area contributed by atoms with Crippen LogP contribution < -0.4 is 0 Å². The van der Waals surface area contributed by atoms with Crippen molar-refractivity contribution in [2.24, 2.45) is 0 Å². The molecule has 39 heavy (non-hydrogen) atoms. The van der Waals surface area contributed by atoms with Crippen molar-refractivity contribution in [2.45, 2.75) is 118 Å². The van der Waals surface area contributed by atoms with E-state index in [9.17, 15) is 5.53 Å². The average Bonchev–Trinajstić information content (AvgIpc) is 3.19. The van der Waals surface area contributed by atoms with Crippen LogP contribution in [0.15, 0.2) is 59.7 Å². The van der Waals surface area contributed by atoms with Crippen molar-refractivity contribution in [3.8, 4) is 0 Å². The third-order valence-corrected chi connectivity index (χ3v) is 7.50. The van der Waals surface area contributed by atoms with Gasteiger partial charge in [0, 0.05) is 22.3 Å². The quantitative estimate of drug-likeness (QED) is 0.0696. The number of unbranched alkanes of at least 4 members (excludes halogenated alkanes) is 10. The molecule has 0 saturated carbocycles. The molecule has 1 heterocycles. The van der Waals surface area contributed by atoms with Crippen molar-refractivity contribution in [1.82, 2.24) is 0 Å². The Labute approximate surface area is 268 Å². The summed E-state index contributed by atoms with van der Waals surface area (Å²) in [5, 5.41) is 0. The van der Waals surface area contributed by atoms with E-state index in [1.165, 1.54) is 91.2 Å². The van der Waals surface area contributed by atoms with Gasteiger partial charge in [-0.25, -0.2) is 4.70 Å². The Hall–Kier alpha value is -0.358. The van der Waals surface area contributed by atoms with Crippen LogP contribution in [0.3, 0.4) is 0 Å². The van der Waals surface area contributed by atoms with Crippen molar-refractivity contribution in [3.63, 3.8) is 0 Å². The van der Waals surface area contributed by atoms with E-state index in [-0.39, 0.29) is 0 Å². The molecule has 5 heteroatoms. The van der Waals surface area contributed by atoms with Gasteiger partial charge in [-0.1, -0.05) is 113 Å². The summed E-state index contributed by atoms with van der Waals surface area (Å²) in [4.78, 5) is 0. The number of benzene rings is 2. The van der Waals surface area contributed by atoms with Gasteiger partial charge in [0.2, 0.25) is 11.4 Å². The molecule has 1 aliphatic heterocycles. The topological polar surface area (TPSA) is 25.3 Å². The normalized spacial score (nSPS) is 13.3. The molecule has 0 aromatic heterocycles. The fraction of sp³-hybridized carbons (Fsp3) is 0.529. The van der Waals surface area contributed by atoms with Gasteiger partial charge in [0.05, 0.1) is 0 Å². The third kappa shape index (κ3) is 11.8. The molecule has 0 aliphatic carbocycles. The van der Waals surface area contributed by atoms with Gasteiger partial charge in [-0.05, 0) is 63.8 Å². The molecule has 1 aliphatic rings. The zero-order valence-corrected chi connectivity index (χ0v) is 30.4. The Morgan fingerprint density at radius 1 is 0.615 bits per heavy atom. The van der Waals surface area contributed by atoms with Crippen molar-refractivity contribution in [3.05, 3.63) is 87.5 Å². The summed E-state index contributed by atoms with van der Waals surface area (Å²) in [7, 11) is 0.890. The van der Waals surface area contributed by atoms with Gasteiger partial charge in [-0.3, -0.25) is 0 Å². The number of hydrogen-bond acceptors (Lipinski definition) is 0. The zero-order chi connectivity index (χ0) is 28.5. The van der Waals surface area contributed by atoms with Crippen LogP contribution in [0.1, 0.15) is 126 Å². The minimum atomic E-state index is 0.890. The number of aryl methyl sites for hydroxylation is 2. The maximum atomic E-state index is 11.7. The predicted octanol–water partition coefficient (Wildman–Crippen LogP) is 12.7. The fourth-order valence-electron chi connectivity index (χ4n) is 5.51. The van der Waals surface area contributed by atoms with Crippen molar-refractivity contribution in [2.75, 3.05) is 0 Å². The molecular formula is C34H48I2N2Pd. The van der Waals surface area contributed by atoms with E-state index >= 15 is 0 Å². The van der Waals surface area contributed by atoms with E-state index in [0.29, 0.717) is 0 Å². The second-order valence-electron chi connectivity index (χ2n) is 10.8. The number of rotatable bonds is 16. The van der Waals surface area contributed by atoms with E-state index in [1.807, 2.05) is 0 Å². The summed E-state index contributed by atoms with van der Waals surface area (Å²) in [6.45, 7) is 8.81. The number of halogens is 2. The first-order valence-corrected chi connectivity index (χ1v) is 24.1. The maximum absolute atomic E-state index is 11.7. The molecule has 3 rings (SSSR count). The summed E-state index contributed by atoms with van der Waals surface area (Å²) in [6, 6.07) is 17.2. The van der Waals surface area contributed by atoms with E-state index in [1.54, 1.807) is 0 Å². The van der Waals surface area contributed by atoms with Crippen LogP contribution in [0, 0.1) is 13.8 Å². The SMILES string of the molecule is CCCCCCCCCCCCC1=C(c2cccc(C)c2)[N+](=[N-])C(c2cccc(C)c2)=C1CCCC.[I][Pd][I]. The van der Waals surface area contributed by atoms with Crippen LogP contribution >= 0.6 is 39.0 Å². The monoisotopic (exact) mass is 844 g/mol. The first-order chi connectivity index (χ1) is 19.0. The molecule has 0 saturated heterocycles. The Morgan fingerprint density at radius 3 is 1.41 bits per heavy atom. The van der Waals surface area contributed by atoms with Gasteiger partial charge in [0.15, 0.2) is 0 Å². The van der Waals surface area contributed by atoms with E-state index < -0.39 is 0 Å². The van der Waals surface area contributed by atoms with Crippen LogP contribution in [0.5, 0.6) is 0 Å². The van der Waals surface area contributed by atoms with Crippen LogP contribution in [-0.2, 0) is 10.8 Å².